The molecule has 0 fully saturated rings. The Bertz CT molecular complexity index is 735. The van der Waals surface area contributed by atoms with Crippen LogP contribution in [0, 0.1) is 0 Å². The van der Waals surface area contributed by atoms with Crippen molar-refractivity contribution in [1.82, 2.24) is 0 Å². The minimum atomic E-state index is -0.623. The molecule has 0 aliphatic heterocycles. The summed E-state index contributed by atoms with van der Waals surface area (Å²) in [4.78, 5) is 0. The number of hydrogen-bond acceptors (Lipinski definition) is 0. The van der Waals surface area contributed by atoms with Crippen LogP contribution >= 0.6 is 0 Å². The zero-order valence-electron chi connectivity index (χ0n) is 13.8. The van der Waals surface area contributed by atoms with Gasteiger partial charge >= 0.3 is 0 Å². The zero-order valence-corrected chi connectivity index (χ0v) is 13.8. The highest BCUT2D eigenvalue weighted by Gasteiger charge is 2.28. The summed E-state index contributed by atoms with van der Waals surface area (Å²) in [6.07, 6.45) is 0. The standard InChI is InChI=1S/C21H18BF3/c23-13-16-7-1-4-10-19(16)22(20-11-5-2-8-17(20)14-24)21-12-6-3-9-18(21)15-25/h1-12H,13-15H2. The summed E-state index contributed by atoms with van der Waals surface area (Å²) in [5.74, 6) is 0. The van der Waals surface area contributed by atoms with Crippen LogP contribution < -0.4 is 16.4 Å². The van der Waals surface area contributed by atoms with Crippen LogP contribution in [0.3, 0.4) is 0 Å². The molecule has 0 saturated carbocycles. The topological polar surface area (TPSA) is 0 Å². The minimum Gasteiger partial charge on any atom is -0.246 e. The van der Waals surface area contributed by atoms with Crippen LogP contribution in [0.15, 0.2) is 72.8 Å². The summed E-state index contributed by atoms with van der Waals surface area (Å²) in [6.45, 7) is -2.28. The Kier molecular flexibility index (Phi) is 5.59. The van der Waals surface area contributed by atoms with E-state index >= 15 is 0 Å². The van der Waals surface area contributed by atoms with Crippen molar-refractivity contribution in [3.63, 3.8) is 0 Å². The molecule has 3 aromatic carbocycles. The molecule has 0 spiro atoms. The van der Waals surface area contributed by atoms with Crippen LogP contribution in [0.5, 0.6) is 0 Å². The fourth-order valence-corrected chi connectivity index (χ4v) is 3.32. The molecule has 0 aliphatic rings. The van der Waals surface area contributed by atoms with Crippen molar-refractivity contribution >= 4 is 23.1 Å². The first-order valence-corrected chi connectivity index (χ1v) is 8.21. The first kappa shape index (κ1) is 17.3. The summed E-state index contributed by atoms with van der Waals surface area (Å²) in [7, 11) is 0. The Balaban J connectivity index is 2.29. The lowest BCUT2D eigenvalue weighted by molar-refractivity contribution is 0.486. The summed E-state index contributed by atoms with van der Waals surface area (Å²) < 4.78 is 40.8. The molecule has 0 saturated heterocycles. The summed E-state index contributed by atoms with van der Waals surface area (Å²) in [5, 5.41) is 0. The van der Waals surface area contributed by atoms with Crippen molar-refractivity contribution in [2.24, 2.45) is 0 Å². The number of hydrogen-bond donors (Lipinski definition) is 0. The number of benzene rings is 3. The Hall–Kier alpha value is -2.49. The van der Waals surface area contributed by atoms with E-state index in [1.165, 1.54) is 0 Å². The lowest BCUT2D eigenvalue weighted by Crippen LogP contribution is -2.55. The van der Waals surface area contributed by atoms with E-state index in [1.807, 2.05) is 36.4 Å². The molecular weight excluding hydrogens is 320 g/mol. The van der Waals surface area contributed by atoms with E-state index in [2.05, 4.69) is 0 Å². The third-order valence-electron chi connectivity index (χ3n) is 4.53. The quantitative estimate of drug-likeness (QED) is 0.603. The average Bonchev–Trinajstić information content (AvgIpc) is 2.69. The van der Waals surface area contributed by atoms with Gasteiger partial charge in [-0.3, -0.25) is 0 Å². The molecule has 4 heteroatoms. The minimum absolute atomic E-state index is 0.411. The van der Waals surface area contributed by atoms with Gasteiger partial charge in [0.25, 0.3) is 0 Å². The molecule has 0 unspecified atom stereocenters. The monoisotopic (exact) mass is 338 g/mol. The lowest BCUT2D eigenvalue weighted by atomic mass is 9.35. The summed E-state index contributed by atoms with van der Waals surface area (Å²) in [5.41, 5.74) is 3.84. The van der Waals surface area contributed by atoms with Gasteiger partial charge in [0.2, 0.25) is 6.71 Å². The van der Waals surface area contributed by atoms with Crippen molar-refractivity contribution in [2.45, 2.75) is 20.0 Å². The normalized spacial score (nSPS) is 10.7. The molecule has 0 nitrogen and oxygen atoms in total. The van der Waals surface area contributed by atoms with E-state index in [0.29, 0.717) is 16.7 Å². The van der Waals surface area contributed by atoms with Crippen molar-refractivity contribution < 1.29 is 13.2 Å². The van der Waals surface area contributed by atoms with E-state index in [9.17, 15) is 13.2 Å². The van der Waals surface area contributed by atoms with Gasteiger partial charge in [-0.2, -0.15) is 0 Å². The fourth-order valence-electron chi connectivity index (χ4n) is 3.32. The van der Waals surface area contributed by atoms with Crippen molar-refractivity contribution in [3.8, 4) is 0 Å². The molecule has 126 valence electrons. The van der Waals surface area contributed by atoms with Crippen LogP contribution in [0.1, 0.15) is 16.7 Å². The van der Waals surface area contributed by atoms with Gasteiger partial charge in [0.05, 0.1) is 0 Å². The maximum absolute atomic E-state index is 13.6. The van der Waals surface area contributed by atoms with E-state index < -0.39 is 26.7 Å². The van der Waals surface area contributed by atoms with Gasteiger partial charge < -0.3 is 0 Å². The molecule has 0 N–H and O–H groups in total. The molecule has 0 amide bonds. The van der Waals surface area contributed by atoms with E-state index in [1.54, 1.807) is 36.4 Å². The van der Waals surface area contributed by atoms with Gasteiger partial charge in [0.1, 0.15) is 20.0 Å². The van der Waals surface area contributed by atoms with Crippen molar-refractivity contribution in [2.75, 3.05) is 0 Å². The van der Waals surface area contributed by atoms with Crippen LogP contribution in [-0.2, 0) is 20.0 Å². The van der Waals surface area contributed by atoms with Gasteiger partial charge in [-0.05, 0) is 16.7 Å². The predicted octanol–water partition coefficient (Wildman–Crippen LogP) is 3.61. The van der Waals surface area contributed by atoms with Gasteiger partial charge in [0, 0.05) is 0 Å². The first-order valence-electron chi connectivity index (χ1n) is 8.21. The maximum atomic E-state index is 13.6. The van der Waals surface area contributed by atoms with Crippen LogP contribution in [0.25, 0.3) is 0 Å². The molecule has 0 radical (unpaired) electrons. The highest BCUT2D eigenvalue weighted by molar-refractivity contribution is 6.96. The van der Waals surface area contributed by atoms with Crippen LogP contribution in [0.4, 0.5) is 13.2 Å². The second kappa shape index (κ2) is 8.06. The molecule has 0 aliphatic carbocycles. The highest BCUT2D eigenvalue weighted by atomic mass is 19.1. The molecule has 0 heterocycles. The van der Waals surface area contributed by atoms with Gasteiger partial charge in [0.15, 0.2) is 0 Å². The molecule has 0 bridgehead atoms. The Labute approximate surface area is 146 Å². The number of rotatable bonds is 6. The van der Waals surface area contributed by atoms with Crippen LogP contribution in [-0.4, -0.2) is 6.71 Å². The maximum Gasteiger partial charge on any atom is 0.242 e. The second-order valence-corrected chi connectivity index (χ2v) is 5.93. The van der Waals surface area contributed by atoms with E-state index in [4.69, 9.17) is 0 Å². The molecule has 0 atom stereocenters. The Morgan fingerprint density at radius 3 is 1.04 bits per heavy atom. The Morgan fingerprint density at radius 2 is 0.760 bits per heavy atom. The van der Waals surface area contributed by atoms with Crippen molar-refractivity contribution in [3.05, 3.63) is 89.5 Å². The Morgan fingerprint density at radius 1 is 0.480 bits per heavy atom. The SMILES string of the molecule is FCc1ccccc1B(c1ccccc1CF)c1ccccc1CF. The highest BCUT2D eigenvalue weighted by Crippen LogP contribution is 2.09. The zero-order chi connectivity index (χ0) is 17.6. The van der Waals surface area contributed by atoms with Crippen LogP contribution in [0.2, 0.25) is 0 Å². The molecule has 3 rings (SSSR count). The van der Waals surface area contributed by atoms with Gasteiger partial charge in [-0.25, -0.2) is 13.2 Å². The van der Waals surface area contributed by atoms with E-state index in [-0.39, 0.29) is 0 Å². The first-order chi connectivity index (χ1) is 12.3. The molecule has 0 aromatic heterocycles. The third kappa shape index (κ3) is 3.48. The smallest absolute Gasteiger partial charge is 0.242 e. The van der Waals surface area contributed by atoms with Gasteiger partial charge in [-0.15, -0.1) is 0 Å². The number of alkyl halides is 3. The third-order valence-corrected chi connectivity index (χ3v) is 4.53. The molecular formula is C21H18BF3. The fraction of sp³-hybridized carbons (Fsp3) is 0.143. The van der Waals surface area contributed by atoms with Crippen molar-refractivity contribution in [1.29, 1.82) is 0 Å². The van der Waals surface area contributed by atoms with E-state index in [0.717, 1.165) is 16.4 Å². The summed E-state index contributed by atoms with van der Waals surface area (Å²) >= 11 is 0. The largest absolute Gasteiger partial charge is 0.246 e. The number of halogens is 3. The van der Waals surface area contributed by atoms with Gasteiger partial charge in [-0.1, -0.05) is 89.2 Å². The summed E-state index contributed by atoms with van der Waals surface area (Å²) in [6, 6.07) is 21.5. The average molecular weight is 338 g/mol. The predicted molar refractivity (Wildman–Crippen MR) is 98.4 cm³/mol. The lowest BCUT2D eigenvalue weighted by Gasteiger charge is -2.22. The molecule has 3 aromatic rings. The molecule has 25 heavy (non-hydrogen) atoms. The second-order valence-electron chi connectivity index (χ2n) is 5.93.